The second-order valence-corrected chi connectivity index (χ2v) is 4.33. The van der Waals surface area contributed by atoms with Crippen LogP contribution in [-0.4, -0.2) is 16.3 Å². The SMILES string of the molecule is N=C1NC(=O)C(Cc2ccccc2)S1. The molecule has 1 heterocycles. The van der Waals surface area contributed by atoms with Gasteiger partial charge in [0.05, 0.1) is 5.25 Å². The van der Waals surface area contributed by atoms with Crippen LogP contribution in [0.4, 0.5) is 0 Å². The zero-order valence-corrected chi connectivity index (χ0v) is 8.30. The summed E-state index contributed by atoms with van der Waals surface area (Å²) in [6.07, 6.45) is 0.694. The highest BCUT2D eigenvalue weighted by Gasteiger charge is 2.28. The molecular formula is C10H10N2OS. The predicted molar refractivity (Wildman–Crippen MR) is 57.4 cm³/mol. The van der Waals surface area contributed by atoms with Gasteiger partial charge in [0.15, 0.2) is 5.17 Å². The first-order valence-corrected chi connectivity index (χ1v) is 5.23. The summed E-state index contributed by atoms with van der Waals surface area (Å²) < 4.78 is 0. The average Bonchev–Trinajstić information content (AvgIpc) is 2.47. The van der Waals surface area contributed by atoms with Gasteiger partial charge in [-0.05, 0) is 12.0 Å². The molecule has 2 rings (SSSR count). The maximum Gasteiger partial charge on any atom is 0.239 e. The minimum absolute atomic E-state index is 0.0520. The molecule has 0 radical (unpaired) electrons. The molecule has 1 atom stereocenters. The highest BCUT2D eigenvalue weighted by atomic mass is 32.2. The standard InChI is InChI=1S/C10H10N2OS/c11-10-12-9(13)8(14-10)6-7-4-2-1-3-5-7/h1-5,8H,6H2,(H2,11,12,13). The van der Waals surface area contributed by atoms with Crippen molar-refractivity contribution in [2.45, 2.75) is 11.7 Å². The van der Waals surface area contributed by atoms with E-state index in [0.717, 1.165) is 5.56 Å². The van der Waals surface area contributed by atoms with Crippen molar-refractivity contribution in [2.24, 2.45) is 0 Å². The van der Waals surface area contributed by atoms with E-state index in [1.54, 1.807) is 0 Å². The van der Waals surface area contributed by atoms with Crippen molar-refractivity contribution >= 4 is 22.8 Å². The number of hydrogen-bond acceptors (Lipinski definition) is 3. The van der Waals surface area contributed by atoms with Crippen molar-refractivity contribution in [3.63, 3.8) is 0 Å². The highest BCUT2D eigenvalue weighted by Crippen LogP contribution is 2.21. The van der Waals surface area contributed by atoms with E-state index in [9.17, 15) is 4.79 Å². The Kier molecular flexibility index (Phi) is 2.54. The summed E-state index contributed by atoms with van der Waals surface area (Å²) >= 11 is 1.29. The van der Waals surface area contributed by atoms with E-state index in [-0.39, 0.29) is 16.3 Å². The summed E-state index contributed by atoms with van der Waals surface area (Å²) in [5.41, 5.74) is 1.13. The first-order chi connectivity index (χ1) is 6.75. The normalized spacial score (nSPS) is 21.0. The van der Waals surface area contributed by atoms with Crippen LogP contribution in [0, 0.1) is 5.41 Å². The lowest BCUT2D eigenvalue weighted by Crippen LogP contribution is -2.25. The summed E-state index contributed by atoms with van der Waals surface area (Å²) in [7, 11) is 0. The van der Waals surface area contributed by atoms with Crippen molar-refractivity contribution in [3.05, 3.63) is 35.9 Å². The molecule has 1 unspecified atom stereocenters. The number of thioether (sulfide) groups is 1. The van der Waals surface area contributed by atoms with E-state index < -0.39 is 0 Å². The Balaban J connectivity index is 2.05. The maximum atomic E-state index is 11.3. The third kappa shape index (κ3) is 1.96. The van der Waals surface area contributed by atoms with Crippen molar-refractivity contribution in [3.8, 4) is 0 Å². The van der Waals surface area contributed by atoms with Gasteiger partial charge in [0.2, 0.25) is 5.91 Å². The second kappa shape index (κ2) is 3.84. The number of rotatable bonds is 2. The molecule has 2 N–H and O–H groups in total. The topological polar surface area (TPSA) is 53.0 Å². The van der Waals surface area contributed by atoms with Gasteiger partial charge in [-0.25, -0.2) is 0 Å². The number of benzene rings is 1. The lowest BCUT2D eigenvalue weighted by atomic mass is 10.1. The first kappa shape index (κ1) is 9.27. The molecule has 0 bridgehead atoms. The predicted octanol–water partition coefficient (Wildman–Crippen LogP) is 1.40. The smallest absolute Gasteiger partial charge is 0.239 e. The van der Waals surface area contributed by atoms with Crippen molar-refractivity contribution < 1.29 is 4.79 Å². The lowest BCUT2D eigenvalue weighted by Gasteiger charge is -2.04. The number of nitrogens with one attached hydrogen (secondary N) is 2. The molecule has 14 heavy (non-hydrogen) atoms. The Hall–Kier alpha value is -1.29. The minimum Gasteiger partial charge on any atom is -0.305 e. The molecule has 1 aliphatic heterocycles. The molecule has 72 valence electrons. The van der Waals surface area contributed by atoms with Crippen molar-refractivity contribution in [1.29, 1.82) is 5.41 Å². The summed E-state index contributed by atoms with van der Waals surface area (Å²) in [6, 6.07) is 9.86. The molecule has 1 aromatic rings. The highest BCUT2D eigenvalue weighted by molar-refractivity contribution is 8.15. The van der Waals surface area contributed by atoms with Crippen LogP contribution in [0.2, 0.25) is 0 Å². The van der Waals surface area contributed by atoms with E-state index >= 15 is 0 Å². The van der Waals surface area contributed by atoms with Gasteiger partial charge < -0.3 is 5.32 Å². The lowest BCUT2D eigenvalue weighted by molar-refractivity contribution is -0.118. The van der Waals surface area contributed by atoms with Crippen LogP contribution in [0.5, 0.6) is 0 Å². The number of amidine groups is 1. The van der Waals surface area contributed by atoms with Gasteiger partial charge in [0.25, 0.3) is 0 Å². The van der Waals surface area contributed by atoms with Crippen LogP contribution in [0.25, 0.3) is 0 Å². The molecular weight excluding hydrogens is 196 g/mol. The summed E-state index contributed by atoms with van der Waals surface area (Å²) in [4.78, 5) is 11.3. The van der Waals surface area contributed by atoms with Crippen LogP contribution in [-0.2, 0) is 11.2 Å². The Morgan fingerprint density at radius 3 is 2.64 bits per heavy atom. The molecule has 0 aliphatic carbocycles. The Labute approximate surface area is 86.4 Å². The van der Waals surface area contributed by atoms with Gasteiger partial charge >= 0.3 is 0 Å². The summed E-state index contributed by atoms with van der Waals surface area (Å²) in [6.45, 7) is 0. The van der Waals surface area contributed by atoms with Crippen LogP contribution in [0.3, 0.4) is 0 Å². The molecule has 1 fully saturated rings. The quantitative estimate of drug-likeness (QED) is 0.768. The van der Waals surface area contributed by atoms with Crippen LogP contribution in [0.15, 0.2) is 30.3 Å². The van der Waals surface area contributed by atoms with Gasteiger partial charge in [-0.3, -0.25) is 10.2 Å². The van der Waals surface area contributed by atoms with Gasteiger partial charge in [-0.2, -0.15) is 0 Å². The van der Waals surface area contributed by atoms with Gasteiger partial charge in [0, 0.05) is 0 Å². The monoisotopic (exact) mass is 206 g/mol. The Bertz CT molecular complexity index is 364. The number of carbonyl (C=O) groups is 1. The summed E-state index contributed by atoms with van der Waals surface area (Å²) in [5, 5.41) is 9.93. The molecule has 3 nitrogen and oxygen atoms in total. The van der Waals surface area contributed by atoms with Crippen molar-refractivity contribution in [2.75, 3.05) is 0 Å². The molecule has 4 heteroatoms. The van der Waals surface area contributed by atoms with E-state index in [2.05, 4.69) is 5.32 Å². The van der Waals surface area contributed by atoms with E-state index in [4.69, 9.17) is 5.41 Å². The molecule has 1 amide bonds. The van der Waals surface area contributed by atoms with Crippen LogP contribution >= 0.6 is 11.8 Å². The molecule has 0 aromatic heterocycles. The minimum atomic E-state index is -0.134. The average molecular weight is 206 g/mol. The van der Waals surface area contributed by atoms with Gasteiger partial charge in [0.1, 0.15) is 0 Å². The summed E-state index contributed by atoms with van der Waals surface area (Å²) in [5.74, 6) is -0.0520. The molecule has 0 saturated carbocycles. The third-order valence-electron chi connectivity index (χ3n) is 2.05. The number of amides is 1. The molecule has 1 saturated heterocycles. The van der Waals surface area contributed by atoms with Gasteiger partial charge in [-0.15, -0.1) is 0 Å². The zero-order chi connectivity index (χ0) is 9.97. The second-order valence-electron chi connectivity index (χ2n) is 3.11. The maximum absolute atomic E-state index is 11.3. The van der Waals surface area contributed by atoms with Crippen LogP contribution < -0.4 is 5.32 Å². The van der Waals surface area contributed by atoms with Crippen LogP contribution in [0.1, 0.15) is 5.56 Å². The fourth-order valence-corrected chi connectivity index (χ4v) is 2.27. The molecule has 1 aromatic carbocycles. The largest absolute Gasteiger partial charge is 0.305 e. The van der Waals surface area contributed by atoms with E-state index in [1.165, 1.54) is 11.8 Å². The Morgan fingerprint density at radius 2 is 2.07 bits per heavy atom. The molecule has 0 spiro atoms. The van der Waals surface area contributed by atoms with E-state index in [0.29, 0.717) is 6.42 Å². The van der Waals surface area contributed by atoms with Gasteiger partial charge in [-0.1, -0.05) is 42.1 Å². The first-order valence-electron chi connectivity index (χ1n) is 4.36. The fraction of sp³-hybridized carbons (Fsp3) is 0.200. The third-order valence-corrected chi connectivity index (χ3v) is 3.06. The number of hydrogen-bond donors (Lipinski definition) is 2. The fourth-order valence-electron chi connectivity index (χ4n) is 1.38. The zero-order valence-electron chi connectivity index (χ0n) is 7.49. The van der Waals surface area contributed by atoms with E-state index in [1.807, 2.05) is 30.3 Å². The van der Waals surface area contributed by atoms with Crippen molar-refractivity contribution in [1.82, 2.24) is 5.32 Å². The number of carbonyl (C=O) groups excluding carboxylic acids is 1. The molecule has 1 aliphatic rings. The Morgan fingerprint density at radius 1 is 1.36 bits per heavy atom.